The Morgan fingerprint density at radius 2 is 1.81 bits per heavy atom. The summed E-state index contributed by atoms with van der Waals surface area (Å²) in [6.45, 7) is 3.92. The van der Waals surface area contributed by atoms with Gasteiger partial charge < -0.3 is 10.3 Å². The Morgan fingerprint density at radius 3 is 2.61 bits per heavy atom. The summed E-state index contributed by atoms with van der Waals surface area (Å²) in [5, 5.41) is 0.481. The third-order valence-corrected chi connectivity index (χ3v) is 5.59. The van der Waals surface area contributed by atoms with E-state index in [2.05, 4.69) is 15.0 Å². The second-order valence-corrected chi connectivity index (χ2v) is 8.05. The van der Waals surface area contributed by atoms with Gasteiger partial charge in [0.2, 0.25) is 0 Å². The Labute approximate surface area is 181 Å². The maximum Gasteiger partial charge on any atom is 0.166 e. The van der Waals surface area contributed by atoms with E-state index >= 15 is 0 Å². The average molecular weight is 434 g/mol. The van der Waals surface area contributed by atoms with Gasteiger partial charge in [-0.1, -0.05) is 29.8 Å². The number of hydrogen-bond donors (Lipinski definition) is 1. The molecule has 3 aromatic heterocycles. The number of para-hydroxylation sites is 1. The first-order chi connectivity index (χ1) is 14.9. The van der Waals surface area contributed by atoms with Crippen LogP contribution in [0.3, 0.4) is 0 Å². The Bertz CT molecular complexity index is 1460. The second-order valence-electron chi connectivity index (χ2n) is 7.64. The monoisotopic (exact) mass is 433 g/mol. The number of fused-ring (bicyclic) bond motifs is 2. The number of anilines is 1. The van der Waals surface area contributed by atoms with Gasteiger partial charge in [-0.2, -0.15) is 0 Å². The maximum atomic E-state index is 14.1. The predicted molar refractivity (Wildman–Crippen MR) is 118 cm³/mol. The smallest absolute Gasteiger partial charge is 0.166 e. The molecule has 0 radical (unpaired) electrons. The molecule has 7 nitrogen and oxygen atoms in total. The minimum Gasteiger partial charge on any atom is -0.382 e. The lowest BCUT2D eigenvalue weighted by Crippen LogP contribution is -2.30. The molecule has 5 rings (SSSR count). The van der Waals surface area contributed by atoms with Gasteiger partial charge in [-0.25, -0.2) is 29.3 Å². The maximum absolute atomic E-state index is 14.1. The molecular formula is C22H17ClFN7. The summed E-state index contributed by atoms with van der Waals surface area (Å²) in [5.41, 5.74) is 9.17. The summed E-state index contributed by atoms with van der Waals surface area (Å²) < 4.78 is 15.9. The standard InChI is InChI=1S/C22H17ClFN7/c1-22(2,31-11-28-18-20(25)26-10-27-21(18)31)19-16(12-5-3-6-13(24)9-12)29-15-8-4-7-14(23)17(15)30-19/h3-11H,1-2H3,(H2,25,26,27). The van der Waals surface area contributed by atoms with Crippen LogP contribution in [0.1, 0.15) is 19.5 Å². The number of benzene rings is 2. The van der Waals surface area contributed by atoms with Crippen LogP contribution in [-0.4, -0.2) is 29.5 Å². The highest BCUT2D eigenvalue weighted by Gasteiger charge is 2.32. The molecule has 0 amide bonds. The van der Waals surface area contributed by atoms with Crippen LogP contribution in [0.5, 0.6) is 0 Å². The van der Waals surface area contributed by atoms with Crippen LogP contribution in [-0.2, 0) is 5.54 Å². The molecule has 0 bridgehead atoms. The van der Waals surface area contributed by atoms with E-state index in [0.29, 0.717) is 44.2 Å². The molecule has 0 atom stereocenters. The Hall–Kier alpha value is -3.65. The molecule has 2 N–H and O–H groups in total. The van der Waals surface area contributed by atoms with Crippen LogP contribution < -0.4 is 5.73 Å². The van der Waals surface area contributed by atoms with Crippen molar-refractivity contribution in [1.29, 1.82) is 0 Å². The second kappa shape index (κ2) is 6.95. The van der Waals surface area contributed by atoms with Crippen LogP contribution in [0.2, 0.25) is 5.02 Å². The lowest BCUT2D eigenvalue weighted by Gasteiger charge is -2.28. The number of rotatable bonds is 3. The van der Waals surface area contributed by atoms with Crippen molar-refractivity contribution >= 4 is 39.6 Å². The van der Waals surface area contributed by atoms with Crippen molar-refractivity contribution < 1.29 is 4.39 Å². The number of nitrogens with zero attached hydrogens (tertiary/aromatic N) is 6. The first-order valence-corrected chi connectivity index (χ1v) is 9.91. The zero-order valence-electron chi connectivity index (χ0n) is 16.7. The van der Waals surface area contributed by atoms with Crippen molar-refractivity contribution in [2.45, 2.75) is 19.4 Å². The molecule has 2 aromatic carbocycles. The number of nitrogen functional groups attached to an aromatic ring is 1. The number of halogens is 2. The van der Waals surface area contributed by atoms with Crippen LogP contribution in [0, 0.1) is 5.82 Å². The normalized spacial score (nSPS) is 12.0. The summed E-state index contributed by atoms with van der Waals surface area (Å²) >= 11 is 6.42. The van der Waals surface area contributed by atoms with E-state index in [0.717, 1.165) is 0 Å². The van der Waals surface area contributed by atoms with Gasteiger partial charge in [-0.3, -0.25) is 0 Å². The van der Waals surface area contributed by atoms with Crippen molar-refractivity contribution in [3.63, 3.8) is 0 Å². The highest BCUT2D eigenvalue weighted by molar-refractivity contribution is 6.34. The van der Waals surface area contributed by atoms with E-state index in [1.165, 1.54) is 18.5 Å². The Morgan fingerprint density at radius 1 is 1.00 bits per heavy atom. The van der Waals surface area contributed by atoms with E-state index in [4.69, 9.17) is 27.3 Å². The molecule has 0 spiro atoms. The first kappa shape index (κ1) is 19.3. The van der Waals surface area contributed by atoms with Gasteiger partial charge in [0.25, 0.3) is 0 Å². The molecule has 154 valence electrons. The summed E-state index contributed by atoms with van der Waals surface area (Å²) in [7, 11) is 0. The number of nitrogens with two attached hydrogens (primary N) is 1. The summed E-state index contributed by atoms with van der Waals surface area (Å²) in [6.07, 6.45) is 3.03. The fourth-order valence-electron chi connectivity index (χ4n) is 3.68. The molecule has 0 aliphatic heterocycles. The summed E-state index contributed by atoms with van der Waals surface area (Å²) in [5.74, 6) is -0.0691. The van der Waals surface area contributed by atoms with Crippen molar-refractivity contribution in [3.8, 4) is 11.3 Å². The Kier molecular flexibility index (Phi) is 4.33. The third kappa shape index (κ3) is 3.07. The van der Waals surface area contributed by atoms with Gasteiger partial charge in [0, 0.05) is 5.56 Å². The van der Waals surface area contributed by atoms with E-state index in [1.807, 2.05) is 30.5 Å². The largest absolute Gasteiger partial charge is 0.382 e. The van der Waals surface area contributed by atoms with E-state index < -0.39 is 5.54 Å². The van der Waals surface area contributed by atoms with Crippen LogP contribution in [0.25, 0.3) is 33.5 Å². The van der Waals surface area contributed by atoms with Gasteiger partial charge in [-0.15, -0.1) is 0 Å². The van der Waals surface area contributed by atoms with Gasteiger partial charge in [-0.05, 0) is 38.1 Å². The summed E-state index contributed by atoms with van der Waals surface area (Å²) in [4.78, 5) is 22.5. The van der Waals surface area contributed by atoms with Crippen molar-refractivity contribution in [2.24, 2.45) is 0 Å². The lowest BCUT2D eigenvalue weighted by molar-refractivity contribution is 0.434. The summed E-state index contributed by atoms with van der Waals surface area (Å²) in [6, 6.07) is 11.7. The first-order valence-electron chi connectivity index (χ1n) is 9.53. The molecule has 3 heterocycles. The van der Waals surface area contributed by atoms with Gasteiger partial charge >= 0.3 is 0 Å². The minimum absolute atomic E-state index is 0.289. The molecule has 31 heavy (non-hydrogen) atoms. The molecule has 9 heteroatoms. The quantitative estimate of drug-likeness (QED) is 0.447. The predicted octanol–water partition coefficient (Wildman–Crippen LogP) is 4.59. The highest BCUT2D eigenvalue weighted by atomic mass is 35.5. The lowest BCUT2D eigenvalue weighted by atomic mass is 9.94. The molecule has 0 saturated carbocycles. The molecule has 0 aliphatic carbocycles. The van der Waals surface area contributed by atoms with Gasteiger partial charge in [0.1, 0.15) is 23.2 Å². The average Bonchev–Trinajstić information content (AvgIpc) is 3.20. The Balaban J connectivity index is 1.84. The van der Waals surface area contributed by atoms with Gasteiger partial charge in [0.15, 0.2) is 11.5 Å². The molecule has 0 unspecified atom stereocenters. The van der Waals surface area contributed by atoms with Gasteiger partial charge in [0.05, 0.1) is 33.8 Å². The fourth-order valence-corrected chi connectivity index (χ4v) is 3.89. The van der Waals surface area contributed by atoms with Crippen molar-refractivity contribution in [3.05, 3.63) is 71.7 Å². The highest BCUT2D eigenvalue weighted by Crippen LogP contribution is 2.36. The van der Waals surface area contributed by atoms with Crippen LogP contribution >= 0.6 is 11.6 Å². The minimum atomic E-state index is -0.780. The molecule has 5 aromatic rings. The number of aromatic nitrogens is 6. The number of imidazole rings is 1. The molecule has 0 aliphatic rings. The number of hydrogen-bond acceptors (Lipinski definition) is 6. The zero-order chi connectivity index (χ0) is 21.8. The zero-order valence-corrected chi connectivity index (χ0v) is 17.5. The third-order valence-electron chi connectivity index (χ3n) is 5.29. The molecule has 0 saturated heterocycles. The van der Waals surface area contributed by atoms with E-state index in [-0.39, 0.29) is 11.6 Å². The molecule has 0 fully saturated rings. The fraction of sp³-hybridized carbons (Fsp3) is 0.136. The topological polar surface area (TPSA) is 95.4 Å². The molecular weight excluding hydrogens is 417 g/mol. The van der Waals surface area contributed by atoms with Crippen molar-refractivity contribution in [2.75, 3.05) is 5.73 Å². The van der Waals surface area contributed by atoms with Crippen LogP contribution in [0.4, 0.5) is 10.2 Å². The SMILES string of the molecule is CC(C)(c1nc2c(Cl)cccc2nc1-c1cccc(F)c1)n1cnc2c(N)ncnc21. The van der Waals surface area contributed by atoms with E-state index in [1.54, 1.807) is 24.5 Å². The van der Waals surface area contributed by atoms with E-state index in [9.17, 15) is 4.39 Å². The van der Waals surface area contributed by atoms with Crippen LogP contribution in [0.15, 0.2) is 55.1 Å². The van der Waals surface area contributed by atoms with Crippen molar-refractivity contribution in [1.82, 2.24) is 29.5 Å².